The van der Waals surface area contributed by atoms with Gasteiger partial charge in [-0.2, -0.15) is 8.42 Å². The highest BCUT2D eigenvalue weighted by molar-refractivity contribution is 7.90. The molecule has 1 fully saturated rings. The number of nitrogens with one attached hydrogen (secondary N) is 1. The van der Waals surface area contributed by atoms with E-state index in [2.05, 4.69) is 4.83 Å². The zero-order chi connectivity index (χ0) is 16.2. The molecule has 0 unspecified atom stereocenters. The standard InChI is InChI=1S/C13H19N3O5S/c1-11(13(17)18)16(12-5-3-2-4-6-12)22(19,20)14-15-7-9-21-10-8-15/h2-6,11,14H,7-10H2,1H3,(H,17,18)/t11-/m0/s1. The lowest BCUT2D eigenvalue weighted by Crippen LogP contribution is -2.56. The second-order valence-corrected chi connectivity index (χ2v) is 6.37. The first-order valence-corrected chi connectivity index (χ1v) is 8.28. The third-order valence-electron chi connectivity index (χ3n) is 3.23. The van der Waals surface area contributed by atoms with Gasteiger partial charge in [0.1, 0.15) is 6.04 Å². The summed E-state index contributed by atoms with van der Waals surface area (Å²) in [7, 11) is -4.05. The number of carboxylic acid groups (broad SMARTS) is 1. The average molecular weight is 329 g/mol. The second-order valence-electron chi connectivity index (χ2n) is 4.84. The Hall–Kier alpha value is -1.68. The number of morpholine rings is 1. The monoisotopic (exact) mass is 329 g/mol. The molecule has 0 bridgehead atoms. The lowest BCUT2D eigenvalue weighted by molar-refractivity contribution is -0.137. The Kier molecular flexibility index (Phi) is 5.35. The first-order valence-electron chi connectivity index (χ1n) is 6.84. The number of benzene rings is 1. The van der Waals surface area contributed by atoms with Crippen molar-refractivity contribution < 1.29 is 23.1 Å². The van der Waals surface area contributed by atoms with Crippen LogP contribution >= 0.6 is 0 Å². The number of nitrogens with zero attached hydrogens (tertiary/aromatic N) is 2. The average Bonchev–Trinajstić information content (AvgIpc) is 2.48. The van der Waals surface area contributed by atoms with Crippen molar-refractivity contribution in [3.05, 3.63) is 30.3 Å². The maximum atomic E-state index is 12.6. The molecule has 22 heavy (non-hydrogen) atoms. The smallest absolute Gasteiger partial charge is 0.327 e. The molecule has 1 heterocycles. The molecule has 0 saturated carbocycles. The van der Waals surface area contributed by atoms with E-state index >= 15 is 0 Å². The lowest BCUT2D eigenvalue weighted by Gasteiger charge is -2.32. The quantitative estimate of drug-likeness (QED) is 0.765. The first kappa shape index (κ1) is 16.7. The number of aliphatic carboxylic acids is 1. The van der Waals surface area contributed by atoms with Gasteiger partial charge in [0, 0.05) is 13.1 Å². The van der Waals surface area contributed by atoms with Crippen LogP contribution < -0.4 is 9.14 Å². The minimum absolute atomic E-state index is 0.290. The predicted octanol–water partition coefficient (Wildman–Crippen LogP) is 0.0477. The fourth-order valence-corrected chi connectivity index (χ4v) is 3.61. The van der Waals surface area contributed by atoms with Crippen LogP contribution in [0.1, 0.15) is 6.92 Å². The Balaban J connectivity index is 2.28. The molecule has 0 aromatic heterocycles. The molecule has 0 spiro atoms. The number of rotatable bonds is 6. The molecular formula is C13H19N3O5S. The number of para-hydroxylation sites is 1. The van der Waals surface area contributed by atoms with Crippen molar-refractivity contribution in [3.63, 3.8) is 0 Å². The van der Waals surface area contributed by atoms with Crippen LogP contribution in [0.5, 0.6) is 0 Å². The molecule has 1 aliphatic heterocycles. The van der Waals surface area contributed by atoms with Gasteiger partial charge in [0.15, 0.2) is 0 Å². The topological polar surface area (TPSA) is 99.2 Å². The Bertz CT molecular complexity index is 601. The summed E-state index contributed by atoms with van der Waals surface area (Å²) in [5.41, 5.74) is 0.290. The number of carbonyl (C=O) groups is 1. The summed E-state index contributed by atoms with van der Waals surface area (Å²) >= 11 is 0. The number of ether oxygens (including phenoxy) is 1. The van der Waals surface area contributed by atoms with E-state index in [1.165, 1.54) is 11.9 Å². The largest absolute Gasteiger partial charge is 0.480 e. The molecule has 1 aromatic carbocycles. The number of hydrogen-bond donors (Lipinski definition) is 2. The van der Waals surface area contributed by atoms with E-state index in [0.29, 0.717) is 26.3 Å². The Morgan fingerprint density at radius 1 is 1.32 bits per heavy atom. The van der Waals surface area contributed by atoms with Gasteiger partial charge in [-0.05, 0) is 19.1 Å². The van der Waals surface area contributed by atoms with E-state index in [-0.39, 0.29) is 5.69 Å². The molecule has 8 nitrogen and oxygen atoms in total. The lowest BCUT2D eigenvalue weighted by atomic mass is 10.2. The van der Waals surface area contributed by atoms with Gasteiger partial charge in [0.2, 0.25) is 0 Å². The summed E-state index contributed by atoms with van der Waals surface area (Å²) in [6.07, 6.45) is 0. The molecule has 0 amide bonds. The van der Waals surface area contributed by atoms with Crippen LogP contribution in [0.3, 0.4) is 0 Å². The van der Waals surface area contributed by atoms with Crippen LogP contribution in [0.15, 0.2) is 30.3 Å². The van der Waals surface area contributed by atoms with Crippen LogP contribution in [0.25, 0.3) is 0 Å². The van der Waals surface area contributed by atoms with Crippen molar-refractivity contribution >= 4 is 21.9 Å². The fraction of sp³-hybridized carbons (Fsp3) is 0.462. The maximum absolute atomic E-state index is 12.6. The van der Waals surface area contributed by atoms with Crippen LogP contribution in [0.4, 0.5) is 5.69 Å². The molecule has 1 aliphatic rings. The molecule has 122 valence electrons. The highest BCUT2D eigenvalue weighted by atomic mass is 32.2. The predicted molar refractivity (Wildman–Crippen MR) is 80.5 cm³/mol. The van der Waals surface area contributed by atoms with E-state index in [9.17, 15) is 18.3 Å². The van der Waals surface area contributed by atoms with Gasteiger partial charge in [-0.1, -0.05) is 18.2 Å². The van der Waals surface area contributed by atoms with Crippen LogP contribution in [0.2, 0.25) is 0 Å². The highest BCUT2D eigenvalue weighted by Gasteiger charge is 2.33. The second kappa shape index (κ2) is 7.05. The van der Waals surface area contributed by atoms with Gasteiger partial charge in [0.05, 0.1) is 18.9 Å². The molecule has 0 aliphatic carbocycles. The molecule has 1 atom stereocenters. The molecule has 1 saturated heterocycles. The van der Waals surface area contributed by atoms with Gasteiger partial charge in [0.25, 0.3) is 0 Å². The van der Waals surface area contributed by atoms with E-state index in [0.717, 1.165) is 4.31 Å². The summed E-state index contributed by atoms with van der Waals surface area (Å²) in [6, 6.07) is 6.91. The van der Waals surface area contributed by atoms with E-state index < -0.39 is 22.2 Å². The Labute approximate surface area is 129 Å². The summed E-state index contributed by atoms with van der Waals surface area (Å²) in [4.78, 5) is 13.7. The molecule has 0 radical (unpaired) electrons. The summed E-state index contributed by atoms with van der Waals surface area (Å²) in [5, 5.41) is 10.7. The van der Waals surface area contributed by atoms with Crippen molar-refractivity contribution in [3.8, 4) is 0 Å². The minimum atomic E-state index is -4.05. The van der Waals surface area contributed by atoms with Crippen LogP contribution in [-0.4, -0.2) is 56.8 Å². The molecule has 2 rings (SSSR count). The zero-order valence-corrected chi connectivity index (χ0v) is 13.0. The number of carboxylic acids is 1. The SMILES string of the molecule is C[C@@H](C(=O)O)N(c1ccccc1)S(=O)(=O)NN1CCOCC1. The number of hydrazine groups is 1. The molecule has 2 N–H and O–H groups in total. The van der Waals surface area contributed by atoms with Crippen molar-refractivity contribution in [2.24, 2.45) is 0 Å². The maximum Gasteiger partial charge on any atom is 0.327 e. The first-order chi connectivity index (χ1) is 10.4. The van der Waals surface area contributed by atoms with Crippen LogP contribution in [-0.2, 0) is 19.7 Å². The van der Waals surface area contributed by atoms with Gasteiger partial charge >= 0.3 is 16.2 Å². The summed E-state index contributed by atoms with van der Waals surface area (Å²) in [6.45, 7) is 2.98. The van der Waals surface area contributed by atoms with Crippen molar-refractivity contribution in [1.82, 2.24) is 9.84 Å². The number of hydrogen-bond acceptors (Lipinski definition) is 5. The zero-order valence-electron chi connectivity index (χ0n) is 12.2. The Morgan fingerprint density at radius 2 is 1.91 bits per heavy atom. The van der Waals surface area contributed by atoms with Gasteiger partial charge < -0.3 is 9.84 Å². The van der Waals surface area contributed by atoms with Crippen molar-refractivity contribution in [2.75, 3.05) is 30.6 Å². The van der Waals surface area contributed by atoms with Crippen LogP contribution in [0, 0.1) is 0 Å². The van der Waals surface area contributed by atoms with Gasteiger partial charge in [-0.15, -0.1) is 4.83 Å². The fourth-order valence-electron chi connectivity index (χ4n) is 2.11. The third-order valence-corrected chi connectivity index (χ3v) is 4.77. The third kappa shape index (κ3) is 3.95. The minimum Gasteiger partial charge on any atom is -0.480 e. The summed E-state index contributed by atoms with van der Waals surface area (Å²) < 4.78 is 31.3. The Morgan fingerprint density at radius 3 is 2.45 bits per heavy atom. The van der Waals surface area contributed by atoms with Gasteiger partial charge in [-0.25, -0.2) is 14.1 Å². The molecule has 1 aromatic rings. The van der Waals surface area contributed by atoms with Crippen molar-refractivity contribution in [1.29, 1.82) is 0 Å². The normalized spacial score (nSPS) is 17.9. The molecular weight excluding hydrogens is 310 g/mol. The van der Waals surface area contributed by atoms with E-state index in [4.69, 9.17) is 4.74 Å². The van der Waals surface area contributed by atoms with Crippen molar-refractivity contribution in [2.45, 2.75) is 13.0 Å². The number of anilines is 1. The highest BCUT2D eigenvalue weighted by Crippen LogP contribution is 2.20. The van der Waals surface area contributed by atoms with E-state index in [1.54, 1.807) is 30.3 Å². The summed E-state index contributed by atoms with van der Waals surface area (Å²) in [5.74, 6) is -1.23. The van der Waals surface area contributed by atoms with E-state index in [1.807, 2.05) is 0 Å². The molecule has 9 heteroatoms. The van der Waals surface area contributed by atoms with Gasteiger partial charge in [-0.3, -0.25) is 0 Å².